The average molecular weight is 180 g/mol. The van der Waals surface area contributed by atoms with Gasteiger partial charge in [0, 0.05) is 0 Å². The molecule has 0 spiro atoms. The molecule has 1 atom stereocenters. The Morgan fingerprint density at radius 2 is 1.62 bits per heavy atom. The van der Waals surface area contributed by atoms with Crippen molar-refractivity contribution in [2.45, 2.75) is 18.8 Å². The van der Waals surface area contributed by atoms with E-state index >= 15 is 0 Å². The second-order valence-electron chi connectivity index (χ2n) is 2.58. The van der Waals surface area contributed by atoms with Gasteiger partial charge in [0.1, 0.15) is 0 Å². The minimum absolute atomic E-state index is 0.516. The first kappa shape index (κ1) is 8.44. The summed E-state index contributed by atoms with van der Waals surface area (Å²) in [6.07, 6.45) is 0. The highest BCUT2D eigenvalue weighted by Crippen LogP contribution is 2.12. The molecular weight excluding hydrogens is 166 g/mol. The molecule has 0 amide bonds. The Labute approximate surface area is 60.2 Å². The highest BCUT2D eigenvalue weighted by Gasteiger charge is 2.09. The van der Waals surface area contributed by atoms with Crippen LogP contribution in [-0.2, 0) is 0 Å². The van der Waals surface area contributed by atoms with E-state index in [-0.39, 0.29) is 0 Å². The van der Waals surface area contributed by atoms with Gasteiger partial charge in [0.15, 0.2) is 0 Å². The molecule has 0 fully saturated rings. The minimum atomic E-state index is 0.516. The lowest BCUT2D eigenvalue weighted by Gasteiger charge is -2.20. The van der Waals surface area contributed by atoms with Gasteiger partial charge in [0.05, 0.1) is 4.95 Å². The molecular formula is C6H14BrN. The van der Waals surface area contributed by atoms with Gasteiger partial charge >= 0.3 is 0 Å². The van der Waals surface area contributed by atoms with Crippen LogP contribution in [0, 0.1) is 5.92 Å². The topological polar surface area (TPSA) is 3.24 Å². The number of hydrogen-bond donors (Lipinski definition) is 0. The molecule has 0 N–H and O–H groups in total. The Kier molecular flexibility index (Phi) is 3.65. The van der Waals surface area contributed by atoms with Crippen molar-refractivity contribution in [3.63, 3.8) is 0 Å². The maximum atomic E-state index is 3.53. The van der Waals surface area contributed by atoms with Crippen molar-refractivity contribution in [2.75, 3.05) is 14.1 Å². The van der Waals surface area contributed by atoms with Crippen LogP contribution in [0.25, 0.3) is 0 Å². The molecule has 0 heterocycles. The fourth-order valence-corrected chi connectivity index (χ4v) is 0.596. The van der Waals surface area contributed by atoms with Crippen molar-refractivity contribution in [3.05, 3.63) is 0 Å². The zero-order chi connectivity index (χ0) is 6.73. The molecule has 0 aromatic rings. The van der Waals surface area contributed by atoms with Gasteiger partial charge in [-0.05, 0) is 20.0 Å². The van der Waals surface area contributed by atoms with Crippen LogP contribution in [0.1, 0.15) is 13.8 Å². The Morgan fingerprint density at radius 3 is 1.62 bits per heavy atom. The second kappa shape index (κ2) is 3.46. The molecule has 0 aliphatic rings. The molecule has 0 aromatic heterocycles. The van der Waals surface area contributed by atoms with Crippen molar-refractivity contribution in [2.24, 2.45) is 5.92 Å². The van der Waals surface area contributed by atoms with Crippen LogP contribution in [0.15, 0.2) is 0 Å². The highest BCUT2D eigenvalue weighted by atomic mass is 79.9. The van der Waals surface area contributed by atoms with E-state index in [1.807, 2.05) is 0 Å². The predicted molar refractivity (Wildman–Crippen MR) is 41.2 cm³/mol. The summed E-state index contributed by atoms with van der Waals surface area (Å²) in [5.74, 6) is 0.685. The first-order valence-corrected chi connectivity index (χ1v) is 3.77. The van der Waals surface area contributed by atoms with E-state index < -0.39 is 0 Å². The molecule has 0 rings (SSSR count). The van der Waals surface area contributed by atoms with Crippen LogP contribution >= 0.6 is 15.9 Å². The normalized spacial score (nSPS) is 15.4. The molecule has 1 nitrogen and oxygen atoms in total. The summed E-state index contributed by atoms with van der Waals surface area (Å²) in [4.78, 5) is 2.67. The fraction of sp³-hybridized carbons (Fsp3) is 1.00. The molecule has 1 unspecified atom stereocenters. The maximum Gasteiger partial charge on any atom is 0.0673 e. The van der Waals surface area contributed by atoms with E-state index in [1.165, 1.54) is 0 Å². The van der Waals surface area contributed by atoms with Gasteiger partial charge in [-0.15, -0.1) is 0 Å². The Bertz CT molecular complexity index is 53.5. The molecule has 0 aliphatic heterocycles. The van der Waals surface area contributed by atoms with Crippen LogP contribution in [0.3, 0.4) is 0 Å². The standard InChI is InChI=1S/C6H14BrN/c1-5(2)6(7)8(3)4/h5-6H,1-4H3. The Morgan fingerprint density at radius 1 is 1.25 bits per heavy atom. The number of alkyl halides is 1. The largest absolute Gasteiger partial charge is 0.297 e. The summed E-state index contributed by atoms with van der Waals surface area (Å²) in [7, 11) is 4.14. The Balaban J connectivity index is 3.46. The van der Waals surface area contributed by atoms with Crippen LogP contribution in [0.2, 0.25) is 0 Å². The van der Waals surface area contributed by atoms with Gasteiger partial charge in [0.2, 0.25) is 0 Å². The SMILES string of the molecule is CC(C)C(Br)N(C)C. The number of nitrogens with zero attached hydrogens (tertiary/aromatic N) is 1. The lowest BCUT2D eigenvalue weighted by atomic mass is 10.2. The van der Waals surface area contributed by atoms with E-state index in [4.69, 9.17) is 0 Å². The van der Waals surface area contributed by atoms with E-state index in [9.17, 15) is 0 Å². The van der Waals surface area contributed by atoms with Crippen LogP contribution in [0.5, 0.6) is 0 Å². The highest BCUT2D eigenvalue weighted by molar-refractivity contribution is 9.09. The summed E-state index contributed by atoms with van der Waals surface area (Å²) < 4.78 is 0. The maximum absolute atomic E-state index is 3.53. The van der Waals surface area contributed by atoms with Gasteiger partial charge in [-0.25, -0.2) is 0 Å². The zero-order valence-corrected chi connectivity index (χ0v) is 7.57. The van der Waals surface area contributed by atoms with Crippen molar-refractivity contribution in [1.82, 2.24) is 4.90 Å². The quantitative estimate of drug-likeness (QED) is 0.463. The molecule has 50 valence electrons. The molecule has 0 aromatic carbocycles. The molecule has 2 heteroatoms. The predicted octanol–water partition coefficient (Wildman–Crippen LogP) is 1.93. The minimum Gasteiger partial charge on any atom is -0.297 e. The fourth-order valence-electron chi connectivity index (χ4n) is 0.596. The van der Waals surface area contributed by atoms with Gasteiger partial charge in [-0.3, -0.25) is 4.90 Å². The average Bonchev–Trinajstić information content (AvgIpc) is 1.64. The van der Waals surface area contributed by atoms with Gasteiger partial charge in [-0.1, -0.05) is 29.8 Å². The van der Waals surface area contributed by atoms with Crippen molar-refractivity contribution in [3.8, 4) is 0 Å². The zero-order valence-electron chi connectivity index (χ0n) is 5.98. The molecule has 0 radical (unpaired) electrons. The lowest BCUT2D eigenvalue weighted by molar-refractivity contribution is 0.326. The number of halogens is 1. The smallest absolute Gasteiger partial charge is 0.0673 e. The molecule has 0 saturated carbocycles. The molecule has 8 heavy (non-hydrogen) atoms. The van der Waals surface area contributed by atoms with E-state index in [0.29, 0.717) is 10.9 Å². The van der Waals surface area contributed by atoms with Crippen LogP contribution < -0.4 is 0 Å². The summed E-state index contributed by atoms with van der Waals surface area (Å²) in [5.41, 5.74) is 0. The van der Waals surface area contributed by atoms with Gasteiger partial charge < -0.3 is 0 Å². The first-order valence-electron chi connectivity index (χ1n) is 2.86. The summed E-state index contributed by atoms with van der Waals surface area (Å²) >= 11 is 3.53. The monoisotopic (exact) mass is 179 g/mol. The molecule has 0 saturated heterocycles. The summed E-state index contributed by atoms with van der Waals surface area (Å²) in [6, 6.07) is 0. The first-order chi connectivity index (χ1) is 3.55. The Hall–Kier alpha value is 0.440. The van der Waals surface area contributed by atoms with Crippen molar-refractivity contribution < 1.29 is 0 Å². The number of hydrogen-bond acceptors (Lipinski definition) is 1. The number of rotatable bonds is 2. The summed E-state index contributed by atoms with van der Waals surface area (Å²) in [6.45, 7) is 4.39. The van der Waals surface area contributed by atoms with Gasteiger partial charge in [-0.2, -0.15) is 0 Å². The van der Waals surface area contributed by atoms with Crippen LogP contribution in [-0.4, -0.2) is 23.9 Å². The van der Waals surface area contributed by atoms with Crippen LogP contribution in [0.4, 0.5) is 0 Å². The van der Waals surface area contributed by atoms with Crippen molar-refractivity contribution in [1.29, 1.82) is 0 Å². The third-order valence-electron chi connectivity index (χ3n) is 1.04. The van der Waals surface area contributed by atoms with E-state index in [2.05, 4.69) is 48.8 Å². The van der Waals surface area contributed by atoms with Gasteiger partial charge in [0.25, 0.3) is 0 Å². The third-order valence-corrected chi connectivity index (χ3v) is 2.92. The lowest BCUT2D eigenvalue weighted by Crippen LogP contribution is -2.26. The molecule has 0 aliphatic carbocycles. The summed E-state index contributed by atoms with van der Waals surface area (Å²) in [5, 5.41) is 0. The van der Waals surface area contributed by atoms with E-state index in [0.717, 1.165) is 0 Å². The molecule has 0 bridgehead atoms. The second-order valence-corrected chi connectivity index (χ2v) is 3.52. The third kappa shape index (κ3) is 2.68. The van der Waals surface area contributed by atoms with Crippen molar-refractivity contribution >= 4 is 15.9 Å². The van der Waals surface area contributed by atoms with E-state index in [1.54, 1.807) is 0 Å².